The molecule has 0 amide bonds. The lowest BCUT2D eigenvalue weighted by atomic mass is 10.1. The molecule has 0 saturated carbocycles. The fourth-order valence-electron chi connectivity index (χ4n) is 5.04. The minimum absolute atomic E-state index is 0.00773. The minimum atomic E-state index is 0.00773. The van der Waals surface area contributed by atoms with E-state index >= 15 is 0 Å². The van der Waals surface area contributed by atoms with Gasteiger partial charge >= 0.3 is 0 Å². The standard InChI is InChI=1S/C29H33N7O3/c1-37-26-15-25-24(14-27(26)39-19-23-18-30-7-12-38-23)28(34-20-33-25)35-8-10-36(11-9-35)29-31-16-22(17-32-29)13-21-5-3-2-4-6-21/h2-6,14-17,20,23,30H,7-13,18-19H2,1H3. The molecule has 0 aliphatic carbocycles. The van der Waals surface area contributed by atoms with Gasteiger partial charge in [-0.2, -0.15) is 0 Å². The lowest BCUT2D eigenvalue weighted by molar-refractivity contribution is -0.000232. The first-order chi connectivity index (χ1) is 19.3. The summed E-state index contributed by atoms with van der Waals surface area (Å²) in [6, 6.07) is 14.3. The maximum atomic E-state index is 6.15. The van der Waals surface area contributed by atoms with Crippen LogP contribution in [-0.2, 0) is 11.2 Å². The van der Waals surface area contributed by atoms with E-state index in [1.165, 1.54) is 5.56 Å². The average Bonchev–Trinajstić information content (AvgIpc) is 3.01. The third-order valence-corrected chi connectivity index (χ3v) is 7.13. The van der Waals surface area contributed by atoms with Crippen molar-refractivity contribution in [1.82, 2.24) is 25.3 Å². The number of anilines is 2. The summed E-state index contributed by atoms with van der Waals surface area (Å²) in [5.74, 6) is 2.96. The molecule has 0 radical (unpaired) electrons. The van der Waals surface area contributed by atoms with Crippen molar-refractivity contribution in [2.24, 2.45) is 0 Å². The SMILES string of the molecule is COc1cc2ncnc(N3CCN(c4ncc(Cc5ccccc5)cn4)CC3)c2cc1OCC1CNCCO1. The monoisotopic (exact) mass is 527 g/mol. The van der Waals surface area contributed by atoms with Crippen molar-refractivity contribution in [3.05, 3.63) is 72.3 Å². The number of benzene rings is 2. The second-order valence-corrected chi connectivity index (χ2v) is 9.75. The first kappa shape index (κ1) is 25.3. The van der Waals surface area contributed by atoms with E-state index in [1.807, 2.05) is 30.6 Å². The topological polar surface area (TPSA) is 97.8 Å². The van der Waals surface area contributed by atoms with Crippen LogP contribution in [0.1, 0.15) is 11.1 Å². The molecule has 10 heteroatoms. The van der Waals surface area contributed by atoms with Crippen molar-refractivity contribution in [1.29, 1.82) is 0 Å². The number of hydrogen-bond acceptors (Lipinski definition) is 10. The van der Waals surface area contributed by atoms with Gasteiger partial charge in [-0.05, 0) is 17.2 Å². The fourth-order valence-corrected chi connectivity index (χ4v) is 5.04. The van der Waals surface area contributed by atoms with Crippen molar-refractivity contribution in [3.8, 4) is 11.5 Å². The Morgan fingerprint density at radius 3 is 2.46 bits per heavy atom. The van der Waals surface area contributed by atoms with Crippen molar-refractivity contribution in [3.63, 3.8) is 0 Å². The number of hydrogen-bond donors (Lipinski definition) is 1. The van der Waals surface area contributed by atoms with E-state index < -0.39 is 0 Å². The van der Waals surface area contributed by atoms with Gasteiger partial charge in [0.05, 0.1) is 19.2 Å². The van der Waals surface area contributed by atoms with Crippen LogP contribution in [0.5, 0.6) is 11.5 Å². The molecule has 2 aromatic heterocycles. The fraction of sp³-hybridized carbons (Fsp3) is 0.379. The lowest BCUT2D eigenvalue weighted by Gasteiger charge is -2.35. The molecular formula is C29H33N7O3. The van der Waals surface area contributed by atoms with Crippen LogP contribution < -0.4 is 24.6 Å². The molecule has 1 atom stereocenters. The van der Waals surface area contributed by atoms with Crippen LogP contribution in [0.25, 0.3) is 10.9 Å². The maximum absolute atomic E-state index is 6.15. The molecule has 2 aromatic carbocycles. The summed E-state index contributed by atoms with van der Waals surface area (Å²) >= 11 is 0. The van der Waals surface area contributed by atoms with E-state index in [2.05, 4.69) is 59.3 Å². The second-order valence-electron chi connectivity index (χ2n) is 9.75. The van der Waals surface area contributed by atoms with Gasteiger partial charge in [-0.1, -0.05) is 30.3 Å². The molecule has 39 heavy (non-hydrogen) atoms. The van der Waals surface area contributed by atoms with Gasteiger partial charge in [-0.15, -0.1) is 0 Å². The van der Waals surface area contributed by atoms with Crippen LogP contribution in [0.4, 0.5) is 11.8 Å². The zero-order valence-electron chi connectivity index (χ0n) is 22.1. The maximum Gasteiger partial charge on any atom is 0.225 e. The highest BCUT2D eigenvalue weighted by Gasteiger charge is 2.23. The third kappa shape index (κ3) is 5.86. The number of nitrogens with zero attached hydrogens (tertiary/aromatic N) is 6. The summed E-state index contributed by atoms with van der Waals surface area (Å²) in [4.78, 5) is 23.0. The Bertz CT molecular complexity index is 1370. The number of piperazine rings is 1. The summed E-state index contributed by atoms with van der Waals surface area (Å²) in [5, 5.41) is 4.27. The van der Waals surface area contributed by atoms with E-state index in [9.17, 15) is 0 Å². The lowest BCUT2D eigenvalue weighted by Crippen LogP contribution is -2.47. The number of methoxy groups -OCH3 is 1. The molecule has 2 aliphatic heterocycles. The summed E-state index contributed by atoms with van der Waals surface area (Å²) in [5.41, 5.74) is 3.18. The minimum Gasteiger partial charge on any atom is -0.493 e. The zero-order chi connectivity index (χ0) is 26.4. The molecule has 202 valence electrons. The first-order valence-corrected chi connectivity index (χ1v) is 13.4. The zero-order valence-corrected chi connectivity index (χ0v) is 22.1. The Morgan fingerprint density at radius 2 is 1.72 bits per heavy atom. The van der Waals surface area contributed by atoms with Gasteiger partial charge in [-0.3, -0.25) is 0 Å². The molecule has 0 bridgehead atoms. The molecule has 2 saturated heterocycles. The Morgan fingerprint density at radius 1 is 0.923 bits per heavy atom. The Kier molecular flexibility index (Phi) is 7.64. The molecule has 4 heterocycles. The highest BCUT2D eigenvalue weighted by molar-refractivity contribution is 5.92. The highest BCUT2D eigenvalue weighted by Crippen LogP contribution is 2.35. The van der Waals surface area contributed by atoms with Crippen molar-refractivity contribution in [2.45, 2.75) is 12.5 Å². The second kappa shape index (κ2) is 11.8. The molecular weight excluding hydrogens is 494 g/mol. The third-order valence-electron chi connectivity index (χ3n) is 7.13. The number of ether oxygens (including phenoxy) is 3. The van der Waals surface area contributed by atoms with Crippen molar-refractivity contribution < 1.29 is 14.2 Å². The molecule has 2 aliphatic rings. The average molecular weight is 528 g/mol. The van der Waals surface area contributed by atoms with Gasteiger partial charge in [0.25, 0.3) is 0 Å². The van der Waals surface area contributed by atoms with Gasteiger partial charge in [-0.25, -0.2) is 19.9 Å². The van der Waals surface area contributed by atoms with E-state index in [1.54, 1.807) is 13.4 Å². The van der Waals surface area contributed by atoms with Gasteiger partial charge < -0.3 is 29.3 Å². The predicted octanol–water partition coefficient (Wildman–Crippen LogP) is 2.71. The van der Waals surface area contributed by atoms with Gasteiger partial charge in [0.15, 0.2) is 11.5 Å². The normalized spacial score (nSPS) is 17.8. The number of rotatable bonds is 8. The smallest absolute Gasteiger partial charge is 0.225 e. The number of aromatic nitrogens is 4. The predicted molar refractivity (Wildman–Crippen MR) is 150 cm³/mol. The van der Waals surface area contributed by atoms with E-state index in [0.717, 1.165) is 73.9 Å². The Hall–Kier alpha value is -4.02. The van der Waals surface area contributed by atoms with Crippen LogP contribution in [0.15, 0.2) is 61.2 Å². The van der Waals surface area contributed by atoms with E-state index in [4.69, 9.17) is 14.2 Å². The van der Waals surface area contributed by atoms with Crippen molar-refractivity contribution >= 4 is 22.7 Å². The Balaban J connectivity index is 1.14. The van der Waals surface area contributed by atoms with Gasteiger partial charge in [0, 0.05) is 69.5 Å². The Labute approximate surface area is 228 Å². The molecule has 4 aromatic rings. The van der Waals surface area contributed by atoms with Crippen LogP contribution in [-0.4, -0.2) is 85.6 Å². The molecule has 2 fully saturated rings. The highest BCUT2D eigenvalue weighted by atomic mass is 16.5. The van der Waals surface area contributed by atoms with Crippen molar-refractivity contribution in [2.75, 3.05) is 69.4 Å². The van der Waals surface area contributed by atoms with Crippen LogP contribution in [0, 0.1) is 0 Å². The summed E-state index contributed by atoms with van der Waals surface area (Å²) in [6.07, 6.45) is 6.32. The summed E-state index contributed by atoms with van der Waals surface area (Å²) < 4.78 is 17.5. The number of nitrogens with one attached hydrogen (secondary N) is 1. The molecule has 6 rings (SSSR count). The van der Waals surface area contributed by atoms with Crippen LogP contribution in [0.3, 0.4) is 0 Å². The number of fused-ring (bicyclic) bond motifs is 1. The first-order valence-electron chi connectivity index (χ1n) is 13.4. The summed E-state index contributed by atoms with van der Waals surface area (Å²) in [7, 11) is 1.64. The molecule has 0 spiro atoms. The molecule has 1 N–H and O–H groups in total. The van der Waals surface area contributed by atoms with Gasteiger partial charge in [0.2, 0.25) is 5.95 Å². The molecule has 10 nitrogen and oxygen atoms in total. The molecule has 1 unspecified atom stereocenters. The number of morpholine rings is 1. The summed E-state index contributed by atoms with van der Waals surface area (Å²) in [6.45, 7) is 5.97. The van der Waals surface area contributed by atoms with Gasteiger partial charge in [0.1, 0.15) is 24.9 Å². The van der Waals surface area contributed by atoms with Crippen LogP contribution >= 0.6 is 0 Å². The van der Waals surface area contributed by atoms with Crippen LogP contribution in [0.2, 0.25) is 0 Å². The quantitative estimate of drug-likeness (QED) is 0.368. The van der Waals surface area contributed by atoms with E-state index in [0.29, 0.717) is 24.7 Å². The largest absolute Gasteiger partial charge is 0.493 e. The van der Waals surface area contributed by atoms with E-state index in [-0.39, 0.29) is 6.10 Å².